The van der Waals surface area contributed by atoms with Gasteiger partial charge in [0, 0.05) is 19.5 Å². The Morgan fingerprint density at radius 1 is 1.03 bits per heavy atom. The van der Waals surface area contributed by atoms with E-state index in [1.807, 2.05) is 50.2 Å². The summed E-state index contributed by atoms with van der Waals surface area (Å²) in [7, 11) is 0. The number of aryl methyl sites for hydroxylation is 3. The largest absolute Gasteiger partial charge is 0.478 e. The zero-order chi connectivity index (χ0) is 26.3. The molecule has 2 N–H and O–H groups in total. The first-order valence-electron chi connectivity index (χ1n) is 12.1. The van der Waals surface area contributed by atoms with Crippen molar-refractivity contribution in [2.75, 3.05) is 0 Å². The summed E-state index contributed by atoms with van der Waals surface area (Å²) >= 11 is 0. The van der Waals surface area contributed by atoms with Crippen LogP contribution in [0.3, 0.4) is 0 Å². The summed E-state index contributed by atoms with van der Waals surface area (Å²) < 4.78 is 8.35. The molecule has 3 aromatic rings. The minimum atomic E-state index is -1.30. The quantitative estimate of drug-likeness (QED) is 0.400. The number of carbonyl (C=O) groups excluding carboxylic acids is 1. The molecule has 1 aromatic heterocycles. The van der Waals surface area contributed by atoms with Crippen molar-refractivity contribution in [3.8, 4) is 5.75 Å². The second-order valence-corrected chi connectivity index (χ2v) is 9.28. The number of nitrogens with zero attached hydrogens (tertiary/aromatic N) is 3. The van der Waals surface area contributed by atoms with Gasteiger partial charge in [-0.25, -0.2) is 14.3 Å². The van der Waals surface area contributed by atoms with Gasteiger partial charge in [-0.05, 0) is 63.8 Å². The molecule has 3 rings (SSSR count). The van der Waals surface area contributed by atoms with Crippen molar-refractivity contribution in [3.63, 3.8) is 0 Å². The maximum Gasteiger partial charge on any atom is 0.347 e. The fourth-order valence-electron chi connectivity index (χ4n) is 3.70. The van der Waals surface area contributed by atoms with Crippen LogP contribution in [0.4, 0.5) is 0 Å². The number of rotatable bonds is 12. The third kappa shape index (κ3) is 7.07. The number of carboxylic acids is 1. The second-order valence-electron chi connectivity index (χ2n) is 9.28. The Morgan fingerprint density at radius 3 is 2.28 bits per heavy atom. The molecule has 0 aliphatic heterocycles. The highest BCUT2D eigenvalue weighted by Gasteiger charge is 2.29. The van der Waals surface area contributed by atoms with Crippen molar-refractivity contribution in [1.29, 1.82) is 0 Å². The van der Waals surface area contributed by atoms with Gasteiger partial charge < -0.3 is 15.2 Å². The van der Waals surface area contributed by atoms with E-state index in [-0.39, 0.29) is 18.1 Å². The Bertz CT molecular complexity index is 1240. The average Bonchev–Trinajstić information content (AvgIpc) is 3.13. The Balaban J connectivity index is 1.54. The van der Waals surface area contributed by atoms with Crippen LogP contribution in [0.5, 0.6) is 5.75 Å². The molecule has 0 aliphatic rings. The van der Waals surface area contributed by atoms with Gasteiger partial charge in [0.1, 0.15) is 18.1 Å². The molecule has 0 radical (unpaired) electrons. The van der Waals surface area contributed by atoms with Gasteiger partial charge in [0.2, 0.25) is 5.91 Å². The predicted octanol–water partition coefficient (Wildman–Crippen LogP) is 3.11. The van der Waals surface area contributed by atoms with Gasteiger partial charge in [0.15, 0.2) is 5.60 Å². The number of amides is 1. The van der Waals surface area contributed by atoms with Gasteiger partial charge in [-0.2, -0.15) is 5.10 Å². The van der Waals surface area contributed by atoms with Crippen molar-refractivity contribution in [1.82, 2.24) is 19.7 Å². The van der Waals surface area contributed by atoms with Crippen molar-refractivity contribution < 1.29 is 19.4 Å². The molecule has 0 bridgehead atoms. The molecular weight excluding hydrogens is 460 g/mol. The summed E-state index contributed by atoms with van der Waals surface area (Å²) in [6, 6.07) is 15.2. The molecule has 0 unspecified atom stereocenters. The first-order chi connectivity index (χ1) is 17.1. The van der Waals surface area contributed by atoms with E-state index in [0.717, 1.165) is 29.5 Å². The number of carbonyl (C=O) groups is 2. The normalized spacial score (nSPS) is 11.3. The summed E-state index contributed by atoms with van der Waals surface area (Å²) in [5.74, 6) is -0.155. The van der Waals surface area contributed by atoms with E-state index in [9.17, 15) is 19.5 Å². The van der Waals surface area contributed by atoms with Gasteiger partial charge in [0.05, 0.1) is 0 Å². The molecule has 0 saturated heterocycles. The number of ether oxygens (including phenoxy) is 1. The summed E-state index contributed by atoms with van der Waals surface area (Å²) in [5, 5.41) is 16.5. The zero-order valence-corrected chi connectivity index (χ0v) is 21.3. The first-order valence-corrected chi connectivity index (χ1v) is 12.1. The number of benzene rings is 2. The summed E-state index contributed by atoms with van der Waals surface area (Å²) in [6.45, 7) is 7.64. The van der Waals surface area contributed by atoms with Gasteiger partial charge in [-0.3, -0.25) is 9.36 Å². The highest BCUT2D eigenvalue weighted by atomic mass is 16.5. The van der Waals surface area contributed by atoms with Gasteiger partial charge in [-0.15, -0.1) is 0 Å². The van der Waals surface area contributed by atoms with Crippen LogP contribution in [-0.2, 0) is 42.1 Å². The van der Waals surface area contributed by atoms with Gasteiger partial charge >= 0.3 is 11.7 Å². The molecule has 0 saturated carbocycles. The minimum Gasteiger partial charge on any atom is -0.478 e. The lowest BCUT2D eigenvalue weighted by atomic mass is 10.1. The van der Waals surface area contributed by atoms with E-state index in [4.69, 9.17) is 4.74 Å². The van der Waals surface area contributed by atoms with Crippen LogP contribution in [0, 0.1) is 6.92 Å². The monoisotopic (exact) mass is 494 g/mol. The number of aliphatic carboxylic acids is 1. The van der Waals surface area contributed by atoms with Crippen LogP contribution in [0.2, 0.25) is 0 Å². The fourth-order valence-corrected chi connectivity index (χ4v) is 3.70. The standard InChI is InChI=1S/C27H34N4O5/c1-5-30-23(8-6-7-20-13-15-22(16-14-20)36-27(3,4)25(33)34)29-31(26(30)35)18-24(32)28-17-21-11-9-19(2)10-12-21/h9-16H,5-8,17-18H2,1-4H3,(H,28,32)(H,33,34). The van der Waals surface area contributed by atoms with Crippen LogP contribution < -0.4 is 15.7 Å². The molecule has 0 spiro atoms. The van der Waals surface area contributed by atoms with E-state index in [2.05, 4.69) is 10.4 Å². The fraction of sp³-hybridized carbons (Fsp3) is 0.407. The molecule has 9 nitrogen and oxygen atoms in total. The smallest absolute Gasteiger partial charge is 0.347 e. The van der Waals surface area contributed by atoms with Crippen LogP contribution in [0.25, 0.3) is 0 Å². The zero-order valence-electron chi connectivity index (χ0n) is 21.3. The van der Waals surface area contributed by atoms with Crippen molar-refractivity contribution >= 4 is 11.9 Å². The van der Waals surface area contributed by atoms with Crippen molar-refractivity contribution in [2.24, 2.45) is 0 Å². The number of hydrogen-bond acceptors (Lipinski definition) is 5. The Kier molecular flexibility index (Phi) is 8.68. The molecule has 1 amide bonds. The topological polar surface area (TPSA) is 115 Å². The molecule has 192 valence electrons. The second kappa shape index (κ2) is 11.7. The highest BCUT2D eigenvalue weighted by molar-refractivity contribution is 5.76. The molecule has 0 atom stereocenters. The molecule has 2 aromatic carbocycles. The first kappa shape index (κ1) is 26.7. The van der Waals surface area contributed by atoms with Crippen LogP contribution in [-0.4, -0.2) is 36.9 Å². The molecule has 1 heterocycles. The third-order valence-electron chi connectivity index (χ3n) is 5.90. The Morgan fingerprint density at radius 2 is 1.67 bits per heavy atom. The summed E-state index contributed by atoms with van der Waals surface area (Å²) in [5.41, 5.74) is 1.62. The maximum atomic E-state index is 12.7. The van der Waals surface area contributed by atoms with Crippen molar-refractivity contribution in [3.05, 3.63) is 81.5 Å². The lowest BCUT2D eigenvalue weighted by molar-refractivity contribution is -0.152. The lowest BCUT2D eigenvalue weighted by Crippen LogP contribution is -2.37. The predicted molar refractivity (Wildman–Crippen MR) is 136 cm³/mol. The highest BCUT2D eigenvalue weighted by Crippen LogP contribution is 2.20. The summed E-state index contributed by atoms with van der Waals surface area (Å²) in [6.07, 6.45) is 2.10. The maximum absolute atomic E-state index is 12.7. The third-order valence-corrected chi connectivity index (χ3v) is 5.90. The molecule has 9 heteroatoms. The van der Waals surface area contributed by atoms with Crippen LogP contribution in [0.15, 0.2) is 53.3 Å². The van der Waals surface area contributed by atoms with E-state index < -0.39 is 11.6 Å². The number of aromatic nitrogens is 3. The van der Waals surface area contributed by atoms with E-state index >= 15 is 0 Å². The Hall–Kier alpha value is -3.88. The molecule has 36 heavy (non-hydrogen) atoms. The van der Waals surface area contributed by atoms with Crippen LogP contribution >= 0.6 is 0 Å². The van der Waals surface area contributed by atoms with Crippen molar-refractivity contribution in [2.45, 2.75) is 72.2 Å². The lowest BCUT2D eigenvalue weighted by Gasteiger charge is -2.21. The van der Waals surface area contributed by atoms with E-state index in [0.29, 0.717) is 31.1 Å². The number of hydrogen-bond donors (Lipinski definition) is 2. The van der Waals surface area contributed by atoms with E-state index in [1.54, 1.807) is 16.7 Å². The van der Waals surface area contributed by atoms with Gasteiger partial charge in [0.25, 0.3) is 0 Å². The molecule has 0 fully saturated rings. The average molecular weight is 495 g/mol. The molecule has 0 aliphatic carbocycles. The molecular formula is C27H34N4O5. The minimum absolute atomic E-state index is 0.126. The number of nitrogens with one attached hydrogen (secondary N) is 1. The number of carboxylic acid groups (broad SMARTS) is 1. The Labute approximate surface area is 210 Å². The summed E-state index contributed by atoms with van der Waals surface area (Å²) in [4.78, 5) is 36.4. The SMILES string of the molecule is CCn1c(CCCc2ccc(OC(C)(C)C(=O)O)cc2)nn(CC(=O)NCc2ccc(C)cc2)c1=O. The van der Waals surface area contributed by atoms with Gasteiger partial charge in [-0.1, -0.05) is 42.0 Å². The van der Waals surface area contributed by atoms with Crippen LogP contribution in [0.1, 0.15) is 49.7 Å². The van der Waals surface area contributed by atoms with E-state index in [1.165, 1.54) is 18.5 Å².